The third kappa shape index (κ3) is 3.19. The van der Waals surface area contributed by atoms with Crippen molar-refractivity contribution in [2.45, 2.75) is 39.7 Å². The van der Waals surface area contributed by atoms with Crippen molar-refractivity contribution in [2.24, 2.45) is 11.3 Å². The number of methoxy groups -OCH3 is 1. The second kappa shape index (κ2) is 5.12. The van der Waals surface area contributed by atoms with Crippen LogP contribution >= 0.6 is 15.9 Å². The van der Waals surface area contributed by atoms with E-state index in [1.54, 1.807) is 7.11 Å². The topological polar surface area (TPSA) is 21.3 Å². The van der Waals surface area contributed by atoms with Crippen LogP contribution in [-0.2, 0) is 0 Å². The SMILES string of the molecule is COc1cc(Br)cc(NC2CC(C)(C)CC2C)c1. The van der Waals surface area contributed by atoms with E-state index in [2.05, 4.69) is 54.2 Å². The maximum Gasteiger partial charge on any atom is 0.122 e. The molecule has 1 aromatic rings. The molecular formula is C15H22BrNO. The van der Waals surface area contributed by atoms with Crippen LogP contribution in [0.15, 0.2) is 22.7 Å². The molecule has 1 N–H and O–H groups in total. The maximum absolute atomic E-state index is 5.30. The van der Waals surface area contributed by atoms with E-state index in [-0.39, 0.29) is 0 Å². The number of nitrogens with one attached hydrogen (secondary N) is 1. The molecule has 2 rings (SSSR count). The lowest BCUT2D eigenvalue weighted by molar-refractivity contribution is 0.366. The monoisotopic (exact) mass is 311 g/mol. The van der Waals surface area contributed by atoms with E-state index in [4.69, 9.17) is 4.74 Å². The summed E-state index contributed by atoms with van der Waals surface area (Å²) in [6.45, 7) is 7.04. The first-order valence-corrected chi connectivity index (χ1v) is 7.30. The normalized spacial score (nSPS) is 26.1. The van der Waals surface area contributed by atoms with Crippen LogP contribution in [0.25, 0.3) is 0 Å². The highest BCUT2D eigenvalue weighted by Crippen LogP contribution is 2.42. The quantitative estimate of drug-likeness (QED) is 0.874. The van der Waals surface area contributed by atoms with Crippen molar-refractivity contribution in [2.75, 3.05) is 12.4 Å². The molecule has 0 heterocycles. The first kappa shape index (κ1) is 13.7. The molecule has 0 amide bonds. The van der Waals surface area contributed by atoms with Crippen molar-refractivity contribution in [3.8, 4) is 5.75 Å². The summed E-state index contributed by atoms with van der Waals surface area (Å²) in [6.07, 6.45) is 2.51. The largest absolute Gasteiger partial charge is 0.497 e. The molecule has 2 unspecified atom stereocenters. The summed E-state index contributed by atoms with van der Waals surface area (Å²) in [4.78, 5) is 0. The van der Waals surface area contributed by atoms with Crippen molar-refractivity contribution in [1.29, 1.82) is 0 Å². The molecule has 2 nitrogen and oxygen atoms in total. The lowest BCUT2D eigenvalue weighted by atomic mass is 9.91. The smallest absolute Gasteiger partial charge is 0.122 e. The number of hydrogen-bond acceptors (Lipinski definition) is 2. The molecule has 18 heavy (non-hydrogen) atoms. The molecule has 0 saturated heterocycles. The fourth-order valence-electron chi connectivity index (χ4n) is 3.06. The molecule has 1 aromatic carbocycles. The van der Waals surface area contributed by atoms with Gasteiger partial charge in [-0.25, -0.2) is 0 Å². The predicted octanol–water partition coefficient (Wildman–Crippen LogP) is 4.69. The van der Waals surface area contributed by atoms with Gasteiger partial charge < -0.3 is 10.1 Å². The van der Waals surface area contributed by atoms with Gasteiger partial charge in [0.25, 0.3) is 0 Å². The van der Waals surface area contributed by atoms with E-state index >= 15 is 0 Å². The number of benzene rings is 1. The summed E-state index contributed by atoms with van der Waals surface area (Å²) < 4.78 is 6.35. The number of ether oxygens (including phenoxy) is 1. The van der Waals surface area contributed by atoms with Crippen LogP contribution in [0, 0.1) is 11.3 Å². The summed E-state index contributed by atoms with van der Waals surface area (Å²) in [6, 6.07) is 6.70. The highest BCUT2D eigenvalue weighted by Gasteiger charge is 2.36. The van der Waals surface area contributed by atoms with Crippen molar-refractivity contribution >= 4 is 21.6 Å². The fraction of sp³-hybridized carbons (Fsp3) is 0.600. The minimum Gasteiger partial charge on any atom is -0.497 e. The van der Waals surface area contributed by atoms with Crippen molar-refractivity contribution in [1.82, 2.24) is 0 Å². The van der Waals surface area contributed by atoms with Crippen LogP contribution in [0.5, 0.6) is 5.75 Å². The molecule has 2 atom stereocenters. The Morgan fingerprint density at radius 1 is 1.28 bits per heavy atom. The van der Waals surface area contributed by atoms with Crippen LogP contribution in [0.1, 0.15) is 33.6 Å². The molecule has 0 radical (unpaired) electrons. The summed E-state index contributed by atoms with van der Waals surface area (Å²) in [5.74, 6) is 1.60. The number of hydrogen-bond donors (Lipinski definition) is 1. The van der Waals surface area contributed by atoms with Gasteiger partial charge in [-0.3, -0.25) is 0 Å². The van der Waals surface area contributed by atoms with E-state index in [0.29, 0.717) is 17.4 Å². The van der Waals surface area contributed by atoms with Crippen LogP contribution in [0.3, 0.4) is 0 Å². The Balaban J connectivity index is 2.12. The van der Waals surface area contributed by atoms with Crippen LogP contribution in [-0.4, -0.2) is 13.2 Å². The van der Waals surface area contributed by atoms with E-state index in [1.807, 2.05) is 6.07 Å². The van der Waals surface area contributed by atoms with Gasteiger partial charge in [0, 0.05) is 22.3 Å². The molecule has 100 valence electrons. The zero-order chi connectivity index (χ0) is 13.3. The molecule has 1 aliphatic carbocycles. The van der Waals surface area contributed by atoms with E-state index in [1.165, 1.54) is 12.8 Å². The molecule has 1 fully saturated rings. The van der Waals surface area contributed by atoms with Crippen LogP contribution in [0.2, 0.25) is 0 Å². The zero-order valence-electron chi connectivity index (χ0n) is 11.6. The average molecular weight is 312 g/mol. The van der Waals surface area contributed by atoms with Gasteiger partial charge in [-0.05, 0) is 36.3 Å². The first-order valence-electron chi connectivity index (χ1n) is 6.51. The Morgan fingerprint density at radius 3 is 2.56 bits per heavy atom. The summed E-state index contributed by atoms with van der Waals surface area (Å²) in [7, 11) is 1.70. The lowest BCUT2D eigenvalue weighted by Crippen LogP contribution is -2.22. The first-order chi connectivity index (χ1) is 8.39. The van der Waals surface area contributed by atoms with Crippen LogP contribution in [0.4, 0.5) is 5.69 Å². The van der Waals surface area contributed by atoms with Gasteiger partial charge in [-0.15, -0.1) is 0 Å². The molecule has 3 heteroatoms. The Hall–Kier alpha value is -0.700. The molecule has 1 aliphatic rings. The van der Waals surface area contributed by atoms with Gasteiger partial charge in [0.05, 0.1) is 7.11 Å². The van der Waals surface area contributed by atoms with Gasteiger partial charge >= 0.3 is 0 Å². The standard InChI is InChI=1S/C15H22BrNO/c1-10-8-15(2,3)9-14(10)17-12-5-11(16)6-13(7-12)18-4/h5-7,10,14,17H,8-9H2,1-4H3. The van der Waals surface area contributed by atoms with Gasteiger partial charge in [-0.1, -0.05) is 36.7 Å². The van der Waals surface area contributed by atoms with Crippen molar-refractivity contribution < 1.29 is 4.74 Å². The third-order valence-corrected chi connectivity index (χ3v) is 4.25. The number of halogens is 1. The summed E-state index contributed by atoms with van der Waals surface area (Å²) in [5.41, 5.74) is 1.59. The Morgan fingerprint density at radius 2 is 2.00 bits per heavy atom. The lowest BCUT2D eigenvalue weighted by Gasteiger charge is -2.20. The van der Waals surface area contributed by atoms with Crippen molar-refractivity contribution in [3.63, 3.8) is 0 Å². The van der Waals surface area contributed by atoms with Crippen LogP contribution < -0.4 is 10.1 Å². The molecule has 0 aliphatic heterocycles. The van der Waals surface area contributed by atoms with Crippen molar-refractivity contribution in [3.05, 3.63) is 22.7 Å². The molecular weight excluding hydrogens is 290 g/mol. The number of rotatable bonds is 3. The molecule has 0 bridgehead atoms. The highest BCUT2D eigenvalue weighted by molar-refractivity contribution is 9.10. The Bertz CT molecular complexity index is 431. The minimum atomic E-state index is 0.452. The van der Waals surface area contributed by atoms with E-state index in [0.717, 1.165) is 15.9 Å². The van der Waals surface area contributed by atoms with Gasteiger partial charge in [-0.2, -0.15) is 0 Å². The Labute approximate surface area is 118 Å². The molecule has 1 saturated carbocycles. The average Bonchev–Trinajstić information content (AvgIpc) is 2.50. The minimum absolute atomic E-state index is 0.452. The summed E-state index contributed by atoms with van der Waals surface area (Å²) in [5, 5.41) is 3.65. The summed E-state index contributed by atoms with van der Waals surface area (Å²) >= 11 is 3.52. The second-order valence-electron chi connectivity index (χ2n) is 6.18. The van der Waals surface area contributed by atoms with Gasteiger partial charge in [0.1, 0.15) is 5.75 Å². The highest BCUT2D eigenvalue weighted by atomic mass is 79.9. The fourth-order valence-corrected chi connectivity index (χ4v) is 3.54. The zero-order valence-corrected chi connectivity index (χ0v) is 13.2. The van der Waals surface area contributed by atoms with E-state index < -0.39 is 0 Å². The van der Waals surface area contributed by atoms with Gasteiger partial charge in [0.2, 0.25) is 0 Å². The number of anilines is 1. The molecule has 0 spiro atoms. The van der Waals surface area contributed by atoms with E-state index in [9.17, 15) is 0 Å². The Kier molecular flexibility index (Phi) is 3.90. The predicted molar refractivity (Wildman–Crippen MR) is 80.3 cm³/mol. The second-order valence-corrected chi connectivity index (χ2v) is 7.10. The third-order valence-electron chi connectivity index (χ3n) is 3.79. The van der Waals surface area contributed by atoms with Gasteiger partial charge in [0.15, 0.2) is 0 Å². The molecule has 0 aromatic heterocycles. The maximum atomic E-state index is 5.30.